The van der Waals surface area contributed by atoms with E-state index in [0.29, 0.717) is 11.3 Å². The Morgan fingerprint density at radius 2 is 1.78 bits per heavy atom. The van der Waals surface area contributed by atoms with Crippen molar-refractivity contribution >= 4 is 5.69 Å². The molecule has 1 atom stereocenters. The zero-order chi connectivity index (χ0) is 13.0. The minimum absolute atomic E-state index is 0.192. The second kappa shape index (κ2) is 5.56. The molecule has 0 saturated heterocycles. The van der Waals surface area contributed by atoms with Crippen LogP contribution in [0.15, 0.2) is 48.5 Å². The van der Waals surface area contributed by atoms with Crippen molar-refractivity contribution in [3.8, 4) is 5.75 Å². The lowest BCUT2D eigenvalue weighted by Crippen LogP contribution is -2.11. The molecule has 0 aliphatic heterocycles. The maximum Gasteiger partial charge on any atom is 0.119 e. The molecule has 0 aliphatic carbocycles. The van der Waals surface area contributed by atoms with E-state index in [1.54, 1.807) is 12.1 Å². The number of benzene rings is 2. The lowest BCUT2D eigenvalue weighted by atomic mass is 10.1. The molecule has 3 heteroatoms. The highest BCUT2D eigenvalue weighted by molar-refractivity contribution is 5.47. The summed E-state index contributed by atoms with van der Waals surface area (Å²) in [4.78, 5) is 0. The molecule has 0 bridgehead atoms. The molecule has 0 fully saturated rings. The normalized spacial score (nSPS) is 12.1. The molecule has 0 radical (unpaired) electrons. The number of rotatable bonds is 4. The van der Waals surface area contributed by atoms with Gasteiger partial charge in [-0.2, -0.15) is 0 Å². The highest BCUT2D eigenvalue weighted by Crippen LogP contribution is 2.21. The number of hydrogen-bond donors (Lipinski definition) is 2. The summed E-state index contributed by atoms with van der Waals surface area (Å²) in [6.45, 7) is 2.21. The van der Waals surface area contributed by atoms with Crippen molar-refractivity contribution in [1.29, 1.82) is 0 Å². The molecule has 0 saturated carbocycles. The van der Waals surface area contributed by atoms with Crippen LogP contribution in [0.5, 0.6) is 5.75 Å². The van der Waals surface area contributed by atoms with Gasteiger partial charge in [0.25, 0.3) is 0 Å². The van der Waals surface area contributed by atoms with E-state index in [9.17, 15) is 5.11 Å². The first-order chi connectivity index (χ1) is 8.66. The quantitative estimate of drug-likeness (QED) is 0.812. The Morgan fingerprint density at radius 1 is 1.11 bits per heavy atom. The summed E-state index contributed by atoms with van der Waals surface area (Å²) in [6, 6.07) is 15.0. The number of para-hydroxylation sites is 1. The number of nitrogen functional groups attached to an aromatic ring is 1. The molecule has 0 aliphatic rings. The third-order valence-corrected chi connectivity index (χ3v) is 2.78. The molecule has 2 rings (SSSR count). The fourth-order valence-electron chi connectivity index (χ4n) is 1.71. The van der Waals surface area contributed by atoms with E-state index in [2.05, 4.69) is 0 Å². The first-order valence-corrected chi connectivity index (χ1v) is 5.89. The molecule has 0 heterocycles. The molecule has 3 N–H and O–H groups in total. The summed E-state index contributed by atoms with van der Waals surface area (Å²) < 4.78 is 5.53. The van der Waals surface area contributed by atoms with E-state index in [1.807, 2.05) is 43.3 Å². The van der Waals surface area contributed by atoms with Crippen LogP contribution in [0.2, 0.25) is 0 Å². The SMILES string of the molecule is Cc1ccc(OCC(O)c2ccccc2N)cc1. The van der Waals surface area contributed by atoms with Crippen LogP contribution in [0.3, 0.4) is 0 Å². The largest absolute Gasteiger partial charge is 0.491 e. The van der Waals surface area contributed by atoms with Crippen molar-refractivity contribution in [2.45, 2.75) is 13.0 Å². The van der Waals surface area contributed by atoms with Gasteiger partial charge >= 0.3 is 0 Å². The van der Waals surface area contributed by atoms with Gasteiger partial charge in [0.2, 0.25) is 0 Å². The lowest BCUT2D eigenvalue weighted by molar-refractivity contribution is 0.109. The summed E-state index contributed by atoms with van der Waals surface area (Å²) in [6.07, 6.45) is -0.715. The molecular formula is C15H17NO2. The standard InChI is InChI=1S/C15H17NO2/c1-11-6-8-12(9-7-11)18-10-15(17)13-4-2-3-5-14(13)16/h2-9,15,17H,10,16H2,1H3. The van der Waals surface area contributed by atoms with Crippen LogP contribution < -0.4 is 10.5 Å². The zero-order valence-electron chi connectivity index (χ0n) is 10.3. The number of anilines is 1. The number of aliphatic hydroxyl groups is 1. The summed E-state index contributed by atoms with van der Waals surface area (Å²) in [5.41, 5.74) is 8.25. The average molecular weight is 243 g/mol. The minimum Gasteiger partial charge on any atom is -0.491 e. The Bertz CT molecular complexity index is 508. The van der Waals surface area contributed by atoms with Gasteiger partial charge in [0.05, 0.1) is 0 Å². The first-order valence-electron chi connectivity index (χ1n) is 5.89. The van der Waals surface area contributed by atoms with Crippen molar-refractivity contribution in [2.75, 3.05) is 12.3 Å². The van der Waals surface area contributed by atoms with Crippen LogP contribution >= 0.6 is 0 Å². The molecule has 3 nitrogen and oxygen atoms in total. The Kier molecular flexibility index (Phi) is 3.85. The Morgan fingerprint density at radius 3 is 2.44 bits per heavy atom. The van der Waals surface area contributed by atoms with Crippen molar-refractivity contribution in [3.05, 3.63) is 59.7 Å². The molecular weight excluding hydrogens is 226 g/mol. The number of nitrogens with two attached hydrogens (primary N) is 1. The summed E-state index contributed by atoms with van der Waals surface area (Å²) in [5.74, 6) is 0.745. The monoisotopic (exact) mass is 243 g/mol. The third-order valence-electron chi connectivity index (χ3n) is 2.78. The van der Waals surface area contributed by atoms with Gasteiger partial charge in [-0.1, -0.05) is 35.9 Å². The van der Waals surface area contributed by atoms with E-state index in [-0.39, 0.29) is 6.61 Å². The molecule has 0 amide bonds. The molecule has 0 aromatic heterocycles. The van der Waals surface area contributed by atoms with Gasteiger partial charge in [-0.05, 0) is 25.1 Å². The maximum atomic E-state index is 10.0. The third kappa shape index (κ3) is 3.02. The van der Waals surface area contributed by atoms with Crippen LogP contribution in [0.4, 0.5) is 5.69 Å². The topological polar surface area (TPSA) is 55.5 Å². The fraction of sp³-hybridized carbons (Fsp3) is 0.200. The summed E-state index contributed by atoms with van der Waals surface area (Å²) >= 11 is 0. The molecule has 2 aromatic rings. The van der Waals surface area contributed by atoms with E-state index in [1.165, 1.54) is 5.56 Å². The van der Waals surface area contributed by atoms with E-state index < -0.39 is 6.10 Å². The summed E-state index contributed by atoms with van der Waals surface area (Å²) in [7, 11) is 0. The Hall–Kier alpha value is -2.00. The van der Waals surface area contributed by atoms with E-state index in [4.69, 9.17) is 10.5 Å². The van der Waals surface area contributed by atoms with Crippen LogP contribution in [0.25, 0.3) is 0 Å². The van der Waals surface area contributed by atoms with Gasteiger partial charge in [-0.15, -0.1) is 0 Å². The molecule has 2 aromatic carbocycles. The van der Waals surface area contributed by atoms with Crippen molar-refractivity contribution in [1.82, 2.24) is 0 Å². The van der Waals surface area contributed by atoms with E-state index in [0.717, 1.165) is 5.75 Å². The number of ether oxygens (including phenoxy) is 1. The molecule has 18 heavy (non-hydrogen) atoms. The smallest absolute Gasteiger partial charge is 0.119 e. The molecule has 0 spiro atoms. The Balaban J connectivity index is 1.98. The van der Waals surface area contributed by atoms with Crippen LogP contribution in [0, 0.1) is 6.92 Å². The fourth-order valence-corrected chi connectivity index (χ4v) is 1.71. The zero-order valence-corrected chi connectivity index (χ0v) is 10.3. The van der Waals surface area contributed by atoms with Gasteiger partial charge in [0.1, 0.15) is 18.5 Å². The van der Waals surface area contributed by atoms with Crippen molar-refractivity contribution < 1.29 is 9.84 Å². The molecule has 94 valence electrons. The van der Waals surface area contributed by atoms with Crippen molar-refractivity contribution in [3.63, 3.8) is 0 Å². The maximum absolute atomic E-state index is 10.0. The number of hydrogen-bond acceptors (Lipinski definition) is 3. The highest BCUT2D eigenvalue weighted by atomic mass is 16.5. The van der Waals surface area contributed by atoms with Gasteiger partial charge in [0.15, 0.2) is 0 Å². The predicted molar refractivity (Wildman–Crippen MR) is 72.5 cm³/mol. The average Bonchev–Trinajstić information content (AvgIpc) is 2.38. The minimum atomic E-state index is -0.715. The number of aryl methyl sites for hydroxylation is 1. The van der Waals surface area contributed by atoms with Gasteiger partial charge < -0.3 is 15.6 Å². The van der Waals surface area contributed by atoms with E-state index >= 15 is 0 Å². The Labute approximate surface area is 107 Å². The van der Waals surface area contributed by atoms with Crippen LogP contribution in [-0.2, 0) is 0 Å². The lowest BCUT2D eigenvalue weighted by Gasteiger charge is -2.14. The highest BCUT2D eigenvalue weighted by Gasteiger charge is 2.11. The van der Waals surface area contributed by atoms with Crippen LogP contribution in [-0.4, -0.2) is 11.7 Å². The number of aliphatic hydroxyl groups excluding tert-OH is 1. The second-order valence-corrected chi connectivity index (χ2v) is 4.27. The predicted octanol–water partition coefficient (Wildman–Crippen LogP) is 2.69. The molecule has 1 unspecified atom stereocenters. The summed E-state index contributed by atoms with van der Waals surface area (Å²) in [5, 5.41) is 10.0. The van der Waals surface area contributed by atoms with Gasteiger partial charge in [-0.3, -0.25) is 0 Å². The first kappa shape index (κ1) is 12.5. The van der Waals surface area contributed by atoms with Gasteiger partial charge in [0, 0.05) is 11.3 Å². The van der Waals surface area contributed by atoms with Gasteiger partial charge in [-0.25, -0.2) is 0 Å². The van der Waals surface area contributed by atoms with Crippen LogP contribution in [0.1, 0.15) is 17.2 Å². The second-order valence-electron chi connectivity index (χ2n) is 4.27. The van der Waals surface area contributed by atoms with Crippen molar-refractivity contribution in [2.24, 2.45) is 0 Å².